The topological polar surface area (TPSA) is 81.7 Å². The summed E-state index contributed by atoms with van der Waals surface area (Å²) < 4.78 is 24.8. The summed E-state index contributed by atoms with van der Waals surface area (Å²) in [5.74, 6) is 0. The standard InChI is InChI=1S/C16H9ClN2O2S/c17-14-5-7-15(8-6-14)22(20,21)16(11-19)9-12-1-3-13(10-18)4-2-12/h1-9H. The van der Waals surface area contributed by atoms with E-state index in [0.29, 0.717) is 16.1 Å². The third-order valence-electron chi connectivity index (χ3n) is 2.86. The highest BCUT2D eigenvalue weighted by Gasteiger charge is 2.20. The second-order valence-electron chi connectivity index (χ2n) is 4.31. The molecule has 0 aliphatic heterocycles. The van der Waals surface area contributed by atoms with Crippen LogP contribution in [0.2, 0.25) is 5.02 Å². The molecule has 0 N–H and O–H groups in total. The van der Waals surface area contributed by atoms with Gasteiger partial charge in [-0.1, -0.05) is 23.7 Å². The summed E-state index contributed by atoms with van der Waals surface area (Å²) in [6.45, 7) is 0. The maximum atomic E-state index is 12.4. The summed E-state index contributed by atoms with van der Waals surface area (Å²) in [5.41, 5.74) is 0.976. The molecule has 108 valence electrons. The van der Waals surface area contributed by atoms with E-state index < -0.39 is 9.84 Å². The maximum absolute atomic E-state index is 12.4. The van der Waals surface area contributed by atoms with E-state index in [1.165, 1.54) is 30.3 Å². The molecule has 0 aromatic heterocycles. The normalized spacial score (nSPS) is 11.5. The summed E-state index contributed by atoms with van der Waals surface area (Å²) in [7, 11) is -3.91. The van der Waals surface area contributed by atoms with Crippen molar-refractivity contribution in [2.75, 3.05) is 0 Å². The van der Waals surface area contributed by atoms with Gasteiger partial charge >= 0.3 is 0 Å². The fraction of sp³-hybridized carbons (Fsp3) is 0. The number of hydrogen-bond donors (Lipinski definition) is 0. The fourth-order valence-corrected chi connectivity index (χ4v) is 3.00. The van der Waals surface area contributed by atoms with Crippen LogP contribution in [-0.4, -0.2) is 8.42 Å². The summed E-state index contributed by atoms with van der Waals surface area (Å²) in [6, 6.07) is 15.5. The molecule has 0 unspecified atom stereocenters. The zero-order valence-corrected chi connectivity index (χ0v) is 12.8. The van der Waals surface area contributed by atoms with Gasteiger partial charge in [-0.15, -0.1) is 0 Å². The number of benzene rings is 2. The number of nitriles is 2. The first-order chi connectivity index (χ1) is 10.5. The van der Waals surface area contributed by atoms with E-state index >= 15 is 0 Å². The second kappa shape index (κ2) is 6.44. The van der Waals surface area contributed by atoms with E-state index in [-0.39, 0.29) is 9.80 Å². The number of sulfone groups is 1. The monoisotopic (exact) mass is 328 g/mol. The van der Waals surface area contributed by atoms with Gasteiger partial charge in [-0.05, 0) is 48.0 Å². The van der Waals surface area contributed by atoms with Gasteiger partial charge in [0, 0.05) is 5.02 Å². The van der Waals surface area contributed by atoms with E-state index in [4.69, 9.17) is 22.1 Å². The minimum Gasteiger partial charge on any atom is -0.218 e. The Hall–Kier alpha value is -2.60. The summed E-state index contributed by atoms with van der Waals surface area (Å²) in [4.78, 5) is -0.377. The van der Waals surface area contributed by atoms with E-state index in [1.807, 2.05) is 6.07 Å². The number of nitrogens with zero attached hydrogens (tertiary/aromatic N) is 2. The van der Waals surface area contributed by atoms with E-state index in [9.17, 15) is 8.42 Å². The smallest absolute Gasteiger partial charge is 0.216 e. The van der Waals surface area contributed by atoms with Gasteiger partial charge < -0.3 is 0 Å². The van der Waals surface area contributed by atoms with Crippen molar-refractivity contribution in [3.05, 3.63) is 69.6 Å². The summed E-state index contributed by atoms with van der Waals surface area (Å²) in [5, 5.41) is 18.3. The van der Waals surface area contributed by atoms with Crippen LogP contribution in [0.5, 0.6) is 0 Å². The number of halogens is 1. The van der Waals surface area contributed by atoms with E-state index in [0.717, 1.165) is 0 Å². The number of allylic oxidation sites excluding steroid dienone is 1. The Balaban J connectivity index is 2.46. The third kappa shape index (κ3) is 3.35. The molecular formula is C16H9ClN2O2S. The lowest BCUT2D eigenvalue weighted by Gasteiger charge is -2.03. The Bertz CT molecular complexity index is 901. The van der Waals surface area contributed by atoms with Gasteiger partial charge in [-0.25, -0.2) is 8.42 Å². The molecule has 4 nitrogen and oxygen atoms in total. The number of hydrogen-bond acceptors (Lipinski definition) is 4. The summed E-state index contributed by atoms with van der Waals surface area (Å²) in [6.07, 6.45) is 1.27. The largest absolute Gasteiger partial charge is 0.218 e. The predicted octanol–water partition coefficient (Wildman–Crippen LogP) is 3.55. The molecule has 0 atom stereocenters. The molecule has 0 saturated heterocycles. The Kier molecular flexibility index (Phi) is 4.62. The van der Waals surface area contributed by atoms with E-state index in [1.54, 1.807) is 30.3 Å². The molecule has 0 radical (unpaired) electrons. The first-order valence-corrected chi connectivity index (χ1v) is 7.96. The van der Waals surface area contributed by atoms with Crippen LogP contribution in [0, 0.1) is 22.7 Å². The minimum absolute atomic E-state index is 0.00153. The van der Waals surface area contributed by atoms with Crippen LogP contribution in [0.3, 0.4) is 0 Å². The molecule has 2 aromatic rings. The second-order valence-corrected chi connectivity index (χ2v) is 6.67. The molecule has 2 rings (SSSR count). The minimum atomic E-state index is -3.91. The average Bonchev–Trinajstić information content (AvgIpc) is 2.53. The van der Waals surface area contributed by atoms with Gasteiger partial charge in [0.25, 0.3) is 0 Å². The van der Waals surface area contributed by atoms with Crippen LogP contribution in [0.1, 0.15) is 11.1 Å². The van der Waals surface area contributed by atoms with Crippen molar-refractivity contribution in [3.63, 3.8) is 0 Å². The van der Waals surface area contributed by atoms with Gasteiger partial charge in [0.05, 0.1) is 16.5 Å². The molecule has 6 heteroatoms. The first-order valence-electron chi connectivity index (χ1n) is 6.10. The SMILES string of the molecule is N#CC(=Cc1ccc(C#N)cc1)S(=O)(=O)c1ccc(Cl)cc1. The van der Waals surface area contributed by atoms with Crippen LogP contribution in [0.15, 0.2) is 58.3 Å². The average molecular weight is 329 g/mol. The van der Waals surface area contributed by atoms with Crippen molar-refractivity contribution in [2.45, 2.75) is 4.90 Å². The number of rotatable bonds is 3. The predicted molar refractivity (Wildman–Crippen MR) is 83.4 cm³/mol. The Labute approximate surface area is 133 Å². The van der Waals surface area contributed by atoms with Gasteiger partial charge in [0.1, 0.15) is 11.0 Å². The third-order valence-corrected chi connectivity index (χ3v) is 4.79. The Morgan fingerprint density at radius 2 is 1.59 bits per heavy atom. The van der Waals surface area contributed by atoms with Gasteiger partial charge in [-0.2, -0.15) is 10.5 Å². The van der Waals surface area contributed by atoms with Crippen LogP contribution < -0.4 is 0 Å². The molecule has 0 aliphatic carbocycles. The van der Waals surface area contributed by atoms with Crippen molar-refractivity contribution >= 4 is 27.5 Å². The Morgan fingerprint density at radius 3 is 2.09 bits per heavy atom. The highest BCUT2D eigenvalue weighted by molar-refractivity contribution is 7.95. The molecule has 0 bridgehead atoms. The quantitative estimate of drug-likeness (QED) is 0.807. The molecule has 0 fully saturated rings. The maximum Gasteiger partial charge on any atom is 0.216 e. The van der Waals surface area contributed by atoms with E-state index in [2.05, 4.69) is 0 Å². The van der Waals surface area contributed by atoms with Crippen molar-refractivity contribution < 1.29 is 8.42 Å². The van der Waals surface area contributed by atoms with Gasteiger partial charge in [0.2, 0.25) is 9.84 Å². The van der Waals surface area contributed by atoms with Crippen molar-refractivity contribution in [1.82, 2.24) is 0 Å². The van der Waals surface area contributed by atoms with Crippen LogP contribution >= 0.6 is 11.6 Å². The zero-order chi connectivity index (χ0) is 16.2. The lowest BCUT2D eigenvalue weighted by Crippen LogP contribution is -2.03. The molecule has 0 spiro atoms. The van der Waals surface area contributed by atoms with Crippen molar-refractivity contribution in [2.24, 2.45) is 0 Å². The molecule has 0 heterocycles. The molecular weight excluding hydrogens is 320 g/mol. The summed E-state index contributed by atoms with van der Waals surface area (Å²) >= 11 is 5.73. The molecule has 0 amide bonds. The van der Waals surface area contributed by atoms with Gasteiger partial charge in [0.15, 0.2) is 0 Å². The van der Waals surface area contributed by atoms with Gasteiger partial charge in [-0.3, -0.25) is 0 Å². The highest BCUT2D eigenvalue weighted by Crippen LogP contribution is 2.22. The molecule has 2 aromatic carbocycles. The lowest BCUT2D eigenvalue weighted by atomic mass is 10.1. The molecule has 22 heavy (non-hydrogen) atoms. The highest BCUT2D eigenvalue weighted by atomic mass is 35.5. The van der Waals surface area contributed by atoms with Crippen molar-refractivity contribution in [3.8, 4) is 12.1 Å². The van der Waals surface area contributed by atoms with Crippen LogP contribution in [0.4, 0.5) is 0 Å². The van der Waals surface area contributed by atoms with Crippen LogP contribution in [-0.2, 0) is 9.84 Å². The van der Waals surface area contributed by atoms with Crippen molar-refractivity contribution in [1.29, 1.82) is 10.5 Å². The Morgan fingerprint density at radius 1 is 1.00 bits per heavy atom. The van der Waals surface area contributed by atoms with Crippen LogP contribution in [0.25, 0.3) is 6.08 Å². The fourth-order valence-electron chi connectivity index (χ4n) is 1.72. The zero-order valence-electron chi connectivity index (χ0n) is 11.2. The molecule has 0 saturated carbocycles. The first kappa shape index (κ1) is 15.8. The molecule has 0 aliphatic rings. The lowest BCUT2D eigenvalue weighted by molar-refractivity contribution is 0.603.